The van der Waals surface area contributed by atoms with Crippen LogP contribution in [0.25, 0.3) is 0 Å². The van der Waals surface area contributed by atoms with Crippen molar-refractivity contribution in [3.8, 4) is 0 Å². The van der Waals surface area contributed by atoms with E-state index in [0.29, 0.717) is 0 Å². The average molecular weight is 217 g/mol. The Morgan fingerprint density at radius 2 is 2.21 bits per heavy atom. The Labute approximate surface area is 85.2 Å². The number of halogens is 1. The number of nitrogens with one attached hydrogen (secondary N) is 1. The van der Waals surface area contributed by atoms with Crippen molar-refractivity contribution in [1.29, 1.82) is 0 Å². The van der Waals surface area contributed by atoms with Crippen LogP contribution in [0.4, 0.5) is 0 Å². The number of carbonyl (C=O) groups excluding carboxylic acids is 2. The van der Waals surface area contributed by atoms with E-state index in [1.807, 2.05) is 0 Å². The third-order valence-corrected chi connectivity index (χ3v) is 1.77. The fraction of sp³-hybridized carbons (Fsp3) is 0.250. The second kappa shape index (κ2) is 4.15. The lowest BCUT2D eigenvalue weighted by molar-refractivity contribution is -0.119. The van der Waals surface area contributed by atoms with Gasteiger partial charge >= 0.3 is 0 Å². The Hall–Kier alpha value is -1.49. The average Bonchev–Trinajstić information content (AvgIpc) is 2.51. The second-order valence-corrected chi connectivity index (χ2v) is 3.07. The molecule has 6 heteroatoms. The summed E-state index contributed by atoms with van der Waals surface area (Å²) in [6.45, 7) is 1.48. The molecular weight excluding hydrogens is 208 g/mol. The maximum Gasteiger partial charge on any atom is 0.287 e. The van der Waals surface area contributed by atoms with Crippen LogP contribution >= 0.6 is 11.6 Å². The Morgan fingerprint density at radius 1 is 1.57 bits per heavy atom. The first kappa shape index (κ1) is 10.6. The number of nitrogens with two attached hydrogens (primary N) is 1. The summed E-state index contributed by atoms with van der Waals surface area (Å²) < 4.78 is 4.83. The summed E-state index contributed by atoms with van der Waals surface area (Å²) in [5.41, 5.74) is 4.96. The maximum atomic E-state index is 11.3. The first-order valence-corrected chi connectivity index (χ1v) is 4.24. The van der Waals surface area contributed by atoms with Crippen LogP contribution in [0.5, 0.6) is 0 Å². The fourth-order valence-electron chi connectivity index (χ4n) is 0.775. The fourth-order valence-corrected chi connectivity index (χ4v) is 0.921. The first-order chi connectivity index (χ1) is 6.50. The molecule has 1 heterocycles. The summed E-state index contributed by atoms with van der Waals surface area (Å²) in [6, 6.07) is 2.10. The van der Waals surface area contributed by atoms with Gasteiger partial charge in [0.1, 0.15) is 6.04 Å². The molecule has 1 rings (SSSR count). The van der Waals surface area contributed by atoms with Crippen LogP contribution in [0.2, 0.25) is 5.22 Å². The van der Waals surface area contributed by atoms with E-state index in [9.17, 15) is 9.59 Å². The normalized spacial score (nSPS) is 12.1. The summed E-state index contributed by atoms with van der Waals surface area (Å²) in [5, 5.41) is 2.46. The number of hydrogen-bond acceptors (Lipinski definition) is 3. The molecule has 0 aliphatic heterocycles. The number of carbonyl (C=O) groups is 2. The van der Waals surface area contributed by atoms with Crippen molar-refractivity contribution >= 4 is 23.4 Å². The molecule has 5 nitrogen and oxygen atoms in total. The molecule has 1 aromatic heterocycles. The molecule has 0 spiro atoms. The van der Waals surface area contributed by atoms with E-state index >= 15 is 0 Å². The lowest BCUT2D eigenvalue weighted by atomic mass is 10.3. The molecule has 0 radical (unpaired) electrons. The predicted molar refractivity (Wildman–Crippen MR) is 49.8 cm³/mol. The van der Waals surface area contributed by atoms with Crippen molar-refractivity contribution in [2.45, 2.75) is 13.0 Å². The van der Waals surface area contributed by atoms with E-state index in [-0.39, 0.29) is 11.0 Å². The van der Waals surface area contributed by atoms with Crippen molar-refractivity contribution in [2.24, 2.45) is 5.73 Å². The third-order valence-electron chi connectivity index (χ3n) is 1.57. The highest BCUT2D eigenvalue weighted by Gasteiger charge is 2.16. The lowest BCUT2D eigenvalue weighted by Crippen LogP contribution is -2.42. The topological polar surface area (TPSA) is 85.3 Å². The van der Waals surface area contributed by atoms with Gasteiger partial charge in [-0.3, -0.25) is 9.59 Å². The SMILES string of the molecule is C[C@H](NC(=O)c1ccc(Cl)o1)C(N)=O. The Kier molecular flexibility index (Phi) is 3.14. The minimum atomic E-state index is -0.744. The Balaban J connectivity index is 2.63. The monoisotopic (exact) mass is 216 g/mol. The highest BCUT2D eigenvalue weighted by molar-refractivity contribution is 6.29. The molecule has 0 saturated heterocycles. The standard InChI is InChI=1S/C8H9ClN2O3/c1-4(7(10)12)11-8(13)5-2-3-6(9)14-5/h2-4H,1H3,(H2,10,12)(H,11,13)/t4-/m0/s1. The summed E-state index contributed by atoms with van der Waals surface area (Å²) in [4.78, 5) is 21.9. The molecular formula is C8H9ClN2O3. The van der Waals surface area contributed by atoms with E-state index in [2.05, 4.69) is 5.32 Å². The highest BCUT2D eigenvalue weighted by atomic mass is 35.5. The maximum absolute atomic E-state index is 11.3. The molecule has 14 heavy (non-hydrogen) atoms. The molecule has 0 saturated carbocycles. The van der Waals surface area contributed by atoms with Crippen LogP contribution in [0.1, 0.15) is 17.5 Å². The van der Waals surface area contributed by atoms with Crippen LogP contribution in [-0.4, -0.2) is 17.9 Å². The van der Waals surface area contributed by atoms with Gasteiger partial charge in [-0.15, -0.1) is 0 Å². The van der Waals surface area contributed by atoms with Crippen molar-refractivity contribution in [1.82, 2.24) is 5.32 Å². The quantitative estimate of drug-likeness (QED) is 0.773. The molecule has 2 amide bonds. The minimum Gasteiger partial charge on any atom is -0.440 e. The van der Waals surface area contributed by atoms with Gasteiger partial charge in [-0.1, -0.05) is 0 Å². The lowest BCUT2D eigenvalue weighted by Gasteiger charge is -2.07. The molecule has 0 fully saturated rings. The van der Waals surface area contributed by atoms with Crippen molar-refractivity contribution < 1.29 is 14.0 Å². The van der Waals surface area contributed by atoms with E-state index in [1.165, 1.54) is 19.1 Å². The zero-order chi connectivity index (χ0) is 10.7. The zero-order valence-corrected chi connectivity index (χ0v) is 8.17. The molecule has 1 atom stereocenters. The molecule has 0 aliphatic carbocycles. The van der Waals surface area contributed by atoms with Gasteiger partial charge in [0.15, 0.2) is 11.0 Å². The largest absolute Gasteiger partial charge is 0.440 e. The van der Waals surface area contributed by atoms with Gasteiger partial charge < -0.3 is 15.5 Å². The minimum absolute atomic E-state index is 0.0445. The van der Waals surface area contributed by atoms with Crippen LogP contribution in [-0.2, 0) is 4.79 Å². The van der Waals surface area contributed by atoms with Crippen LogP contribution in [0, 0.1) is 0 Å². The van der Waals surface area contributed by atoms with Crippen molar-refractivity contribution in [3.63, 3.8) is 0 Å². The number of primary amides is 1. The summed E-state index contributed by atoms with van der Waals surface area (Å²) in [7, 11) is 0. The number of amides is 2. The molecule has 1 aromatic rings. The first-order valence-electron chi connectivity index (χ1n) is 3.86. The number of hydrogen-bond donors (Lipinski definition) is 2. The predicted octanol–water partition coefficient (Wildman–Crippen LogP) is 0.537. The van der Waals surface area contributed by atoms with E-state index in [0.717, 1.165) is 0 Å². The van der Waals surface area contributed by atoms with Gasteiger partial charge in [-0.05, 0) is 30.7 Å². The van der Waals surface area contributed by atoms with Gasteiger partial charge in [0.2, 0.25) is 5.91 Å². The Morgan fingerprint density at radius 3 is 2.64 bits per heavy atom. The van der Waals surface area contributed by atoms with E-state index < -0.39 is 17.9 Å². The zero-order valence-electron chi connectivity index (χ0n) is 7.41. The van der Waals surface area contributed by atoms with E-state index in [4.69, 9.17) is 21.8 Å². The summed E-state index contributed by atoms with van der Waals surface area (Å²) in [6.07, 6.45) is 0. The molecule has 0 unspecified atom stereocenters. The van der Waals surface area contributed by atoms with Crippen LogP contribution in [0.3, 0.4) is 0 Å². The van der Waals surface area contributed by atoms with Gasteiger partial charge in [0.25, 0.3) is 5.91 Å². The van der Waals surface area contributed by atoms with Crippen molar-refractivity contribution in [2.75, 3.05) is 0 Å². The summed E-state index contributed by atoms with van der Waals surface area (Å²) >= 11 is 5.47. The van der Waals surface area contributed by atoms with Crippen LogP contribution in [0.15, 0.2) is 16.5 Å². The highest BCUT2D eigenvalue weighted by Crippen LogP contribution is 2.12. The van der Waals surface area contributed by atoms with Gasteiger partial charge in [0.05, 0.1) is 0 Å². The number of furan rings is 1. The van der Waals surface area contributed by atoms with Gasteiger partial charge in [0, 0.05) is 0 Å². The van der Waals surface area contributed by atoms with Crippen LogP contribution < -0.4 is 11.1 Å². The van der Waals surface area contributed by atoms with Crippen molar-refractivity contribution in [3.05, 3.63) is 23.1 Å². The molecule has 3 N–H and O–H groups in total. The summed E-state index contributed by atoms with van der Waals surface area (Å²) in [5.74, 6) is -1.10. The van der Waals surface area contributed by atoms with E-state index in [1.54, 1.807) is 0 Å². The number of rotatable bonds is 3. The molecule has 0 aromatic carbocycles. The third kappa shape index (κ3) is 2.50. The van der Waals surface area contributed by atoms with Gasteiger partial charge in [-0.2, -0.15) is 0 Å². The molecule has 0 bridgehead atoms. The van der Waals surface area contributed by atoms with Gasteiger partial charge in [-0.25, -0.2) is 0 Å². The molecule has 76 valence electrons. The smallest absolute Gasteiger partial charge is 0.287 e. The Bertz CT molecular complexity index is 361. The molecule has 0 aliphatic rings. The second-order valence-electron chi connectivity index (χ2n) is 2.70.